The van der Waals surface area contributed by atoms with E-state index in [9.17, 15) is 59.4 Å². The van der Waals surface area contributed by atoms with Crippen LogP contribution in [0.25, 0.3) is 0 Å². The molecule has 9 aromatic rings. The van der Waals surface area contributed by atoms with Crippen molar-refractivity contribution in [1.82, 2.24) is 0 Å². The number of hydrogen-bond acceptors (Lipinski definition) is 18. The van der Waals surface area contributed by atoms with E-state index in [-0.39, 0.29) is 106 Å². The molecule has 0 spiro atoms. The fourth-order valence-electron chi connectivity index (χ4n) is 10.1. The van der Waals surface area contributed by atoms with Crippen LogP contribution < -0.4 is 132 Å². The van der Waals surface area contributed by atoms with Gasteiger partial charge < -0.3 is 88.8 Å². The summed E-state index contributed by atoms with van der Waals surface area (Å²) in [6.07, 6.45) is 0. The normalized spacial score (nSPS) is 11.2. The summed E-state index contributed by atoms with van der Waals surface area (Å²) < 4.78 is 31.2. The van der Waals surface area contributed by atoms with Crippen molar-refractivity contribution in [2.75, 3.05) is 39.6 Å². The molecule has 6 N–H and O–H groups in total. The van der Waals surface area contributed by atoms with Crippen molar-refractivity contribution in [3.63, 3.8) is 0 Å². The number of carboxylic acids is 6. The van der Waals surface area contributed by atoms with E-state index in [2.05, 4.69) is 0 Å². The SMILES string of the molecule is CC(c1ccc(O)cc1)(c1ccc(OCC(=O)O)cc1)c1ccc(OCC(=O)O)cc1.CC(c1ccc(O)cc1)(c1ccc(OCC(=O)[O-])cc1)c1ccc(OCC(=O)O)cc1.CC(c1ccc(O)cc1)(c1ccc(OCC(=O)[O-])cc1)c1ccc(OCC(=O)[O-])cc1.[Na+].[Na+].[Na+]. The third-order valence-corrected chi connectivity index (χ3v) is 15.1. The molecule has 480 valence electrons. The first-order chi connectivity index (χ1) is 44.4. The Bertz CT molecular complexity index is 3370. The molecule has 0 saturated heterocycles. The number of aromatic hydroxyl groups is 3. The van der Waals surface area contributed by atoms with Crippen LogP contribution in [0.3, 0.4) is 0 Å². The first-order valence-electron chi connectivity index (χ1n) is 28.4. The van der Waals surface area contributed by atoms with Crippen LogP contribution in [0.5, 0.6) is 51.7 Å². The van der Waals surface area contributed by atoms with Gasteiger partial charge in [0.05, 0.1) is 17.9 Å². The first-order valence-corrected chi connectivity index (χ1v) is 28.4. The summed E-state index contributed by atoms with van der Waals surface area (Å²) in [5.74, 6) is -4.12. The second-order valence-corrected chi connectivity index (χ2v) is 21.2. The molecular formula is C72H63Na3O21. The van der Waals surface area contributed by atoms with Crippen LogP contribution in [0.2, 0.25) is 0 Å². The summed E-state index contributed by atoms with van der Waals surface area (Å²) in [7, 11) is 0. The van der Waals surface area contributed by atoms with E-state index in [0.29, 0.717) is 34.5 Å². The van der Waals surface area contributed by atoms with Gasteiger partial charge in [-0.05, 0) is 180 Å². The third kappa shape index (κ3) is 22.0. The Labute approximate surface area is 619 Å². The Balaban J connectivity index is 0.000000302. The van der Waals surface area contributed by atoms with Crippen molar-refractivity contribution in [2.45, 2.75) is 37.0 Å². The predicted molar refractivity (Wildman–Crippen MR) is 331 cm³/mol. The van der Waals surface area contributed by atoms with Crippen LogP contribution in [0.1, 0.15) is 70.8 Å². The minimum absolute atomic E-state index is 0. The number of phenols is 3. The van der Waals surface area contributed by atoms with E-state index in [4.69, 9.17) is 43.7 Å². The quantitative estimate of drug-likeness (QED) is 0.0240. The van der Waals surface area contributed by atoms with E-state index < -0.39 is 91.7 Å². The Morgan fingerprint density at radius 3 is 0.510 bits per heavy atom. The third-order valence-electron chi connectivity index (χ3n) is 15.1. The van der Waals surface area contributed by atoms with Gasteiger partial charge in [0.15, 0.2) is 19.8 Å². The number of carbonyl (C=O) groups excluding carboxylic acids is 3. The van der Waals surface area contributed by atoms with Crippen LogP contribution in [-0.2, 0) is 45.0 Å². The fraction of sp³-hybridized carbons (Fsp3) is 0.167. The van der Waals surface area contributed by atoms with Gasteiger partial charge in [0.25, 0.3) is 0 Å². The number of aliphatic carboxylic acids is 6. The predicted octanol–water partition coefficient (Wildman–Crippen LogP) is -1.97. The smallest absolute Gasteiger partial charge is 0.546 e. The van der Waals surface area contributed by atoms with Gasteiger partial charge in [0.2, 0.25) is 0 Å². The number of benzene rings is 9. The summed E-state index contributed by atoms with van der Waals surface area (Å²) in [4.78, 5) is 64.0. The van der Waals surface area contributed by atoms with Gasteiger partial charge in [-0.3, -0.25) is 0 Å². The van der Waals surface area contributed by atoms with E-state index in [0.717, 1.165) is 50.1 Å². The van der Waals surface area contributed by atoms with Gasteiger partial charge in [-0.15, -0.1) is 0 Å². The Hall–Kier alpha value is -9.00. The van der Waals surface area contributed by atoms with E-state index in [1.807, 2.05) is 130 Å². The van der Waals surface area contributed by atoms with Crippen LogP contribution in [0.4, 0.5) is 0 Å². The molecule has 0 aliphatic heterocycles. The number of ether oxygens (including phenoxy) is 6. The number of carboxylic acid groups (broad SMARTS) is 6. The summed E-state index contributed by atoms with van der Waals surface area (Å²) in [6, 6.07) is 63.0. The molecule has 0 amide bonds. The number of phenolic OH excluding ortho intramolecular Hbond substituents is 3. The van der Waals surface area contributed by atoms with Crippen LogP contribution in [0, 0.1) is 0 Å². The minimum Gasteiger partial charge on any atom is -0.546 e. The van der Waals surface area contributed by atoms with Crippen molar-refractivity contribution in [3.05, 3.63) is 268 Å². The first kappa shape index (κ1) is 79.4. The van der Waals surface area contributed by atoms with Crippen molar-refractivity contribution < 1.29 is 192 Å². The summed E-state index contributed by atoms with van der Waals surface area (Å²) in [6.45, 7) is 3.16. The molecule has 96 heavy (non-hydrogen) atoms. The second kappa shape index (κ2) is 37.3. The average Bonchev–Trinajstić information content (AvgIpc) is 0.783. The van der Waals surface area contributed by atoms with Gasteiger partial charge in [-0.25, -0.2) is 14.4 Å². The second-order valence-electron chi connectivity index (χ2n) is 21.2. The van der Waals surface area contributed by atoms with E-state index >= 15 is 0 Å². The van der Waals surface area contributed by atoms with Crippen LogP contribution in [0.15, 0.2) is 218 Å². The average molecular weight is 1330 g/mol. The van der Waals surface area contributed by atoms with Crippen molar-refractivity contribution >= 4 is 35.8 Å². The monoisotopic (exact) mass is 1330 g/mol. The van der Waals surface area contributed by atoms with Gasteiger partial charge in [-0.2, -0.15) is 0 Å². The van der Waals surface area contributed by atoms with E-state index in [1.165, 1.54) is 0 Å². The zero-order valence-corrected chi connectivity index (χ0v) is 59.3. The zero-order chi connectivity index (χ0) is 67.3. The molecule has 0 saturated carbocycles. The topological polar surface area (TPSA) is 348 Å². The van der Waals surface area contributed by atoms with Crippen LogP contribution in [-0.4, -0.2) is 106 Å². The maximum absolute atomic E-state index is 10.7. The molecule has 9 rings (SSSR count). The summed E-state index contributed by atoms with van der Waals surface area (Å²) in [5.41, 5.74) is 6.25. The molecule has 0 aromatic heterocycles. The van der Waals surface area contributed by atoms with E-state index in [1.54, 1.807) is 109 Å². The van der Waals surface area contributed by atoms with Gasteiger partial charge in [0, 0.05) is 16.2 Å². The molecule has 0 radical (unpaired) electrons. The Morgan fingerprint density at radius 1 is 0.260 bits per heavy atom. The summed E-state index contributed by atoms with van der Waals surface area (Å²) >= 11 is 0. The molecule has 1 unspecified atom stereocenters. The number of carbonyl (C=O) groups is 6. The Morgan fingerprint density at radius 2 is 0.385 bits per heavy atom. The maximum atomic E-state index is 10.7. The molecule has 0 bridgehead atoms. The van der Waals surface area contributed by atoms with Crippen molar-refractivity contribution in [3.8, 4) is 51.7 Å². The maximum Gasteiger partial charge on any atom is 1.00 e. The van der Waals surface area contributed by atoms with Crippen molar-refractivity contribution in [2.24, 2.45) is 0 Å². The molecule has 0 fully saturated rings. The molecule has 1 atom stereocenters. The molecule has 21 nitrogen and oxygen atoms in total. The van der Waals surface area contributed by atoms with Gasteiger partial charge >= 0.3 is 107 Å². The number of hydrogen-bond donors (Lipinski definition) is 6. The molecular weight excluding hydrogens is 1270 g/mol. The molecule has 0 aliphatic carbocycles. The molecule has 0 aliphatic rings. The standard InChI is InChI=1S/3C24H22O7.3Na/c3*1-24(16-2-8-19(25)9-3-16,17-4-10-20(11-5-17)30-14-22(26)27)18-6-12-21(13-7-18)31-15-23(28)29;;;/h3*2-13,25H,14-15H2,1H3,(H,26,27)(H,28,29);;;/q;;;3*+1/p-3. The summed E-state index contributed by atoms with van der Waals surface area (Å²) in [5, 5.41) is 87.3. The van der Waals surface area contributed by atoms with Gasteiger partial charge in [0.1, 0.15) is 71.6 Å². The largest absolute Gasteiger partial charge is 1.00 e. The molecule has 24 heteroatoms. The number of rotatable bonds is 27. The Kier molecular flexibility index (Phi) is 30.9. The van der Waals surface area contributed by atoms with Gasteiger partial charge in [-0.1, -0.05) is 109 Å². The molecule has 9 aromatic carbocycles. The van der Waals surface area contributed by atoms with Crippen molar-refractivity contribution in [1.29, 1.82) is 0 Å². The van der Waals surface area contributed by atoms with Crippen LogP contribution >= 0.6 is 0 Å². The molecule has 0 heterocycles. The minimum atomic E-state index is -1.31. The zero-order valence-electron chi connectivity index (χ0n) is 53.3. The fourth-order valence-corrected chi connectivity index (χ4v) is 10.1.